The molecule has 0 saturated carbocycles. The molecule has 2 aromatic rings. The van der Waals surface area contributed by atoms with Gasteiger partial charge in [-0.15, -0.1) is 0 Å². The number of nitrogens with one attached hydrogen (secondary N) is 2. The fraction of sp³-hybridized carbons (Fsp3) is 0.222. The molecule has 7 nitrogen and oxygen atoms in total. The first-order valence-corrected chi connectivity index (χ1v) is 7.89. The van der Waals surface area contributed by atoms with Gasteiger partial charge in [0.25, 0.3) is 11.8 Å². The molecular formula is C18H19FN2O5. The Hall–Kier alpha value is -3.29. The summed E-state index contributed by atoms with van der Waals surface area (Å²) in [6, 6.07) is 12.3. The minimum Gasteiger partial charge on any atom is -0.490 e. The highest BCUT2D eigenvalue weighted by Crippen LogP contribution is 2.26. The topological polar surface area (TPSA) is 85.9 Å². The second-order valence-corrected chi connectivity index (χ2v) is 5.01. The van der Waals surface area contributed by atoms with Crippen molar-refractivity contribution in [2.24, 2.45) is 0 Å². The normalized spacial score (nSPS) is 9.92. The second-order valence-electron chi connectivity index (χ2n) is 5.01. The summed E-state index contributed by atoms with van der Waals surface area (Å²) in [4.78, 5) is 23.3. The van der Waals surface area contributed by atoms with E-state index in [1.807, 2.05) is 6.92 Å². The van der Waals surface area contributed by atoms with E-state index >= 15 is 0 Å². The number of para-hydroxylation sites is 2. The quantitative estimate of drug-likeness (QED) is 0.700. The first-order chi connectivity index (χ1) is 12.6. The average Bonchev–Trinajstić information content (AvgIpc) is 2.64. The van der Waals surface area contributed by atoms with Gasteiger partial charge < -0.3 is 14.2 Å². The van der Waals surface area contributed by atoms with Crippen LogP contribution in [0.15, 0.2) is 48.5 Å². The molecule has 0 aliphatic carbocycles. The van der Waals surface area contributed by atoms with Gasteiger partial charge in [-0.3, -0.25) is 20.4 Å². The number of hydrogen-bond acceptors (Lipinski definition) is 5. The maximum atomic E-state index is 13.0. The van der Waals surface area contributed by atoms with Crippen LogP contribution >= 0.6 is 0 Å². The van der Waals surface area contributed by atoms with Crippen molar-refractivity contribution in [1.82, 2.24) is 10.9 Å². The molecule has 0 aromatic heterocycles. The number of ether oxygens (including phenoxy) is 3. The molecule has 0 bridgehead atoms. The molecule has 0 saturated heterocycles. The number of halogens is 1. The zero-order valence-electron chi connectivity index (χ0n) is 14.2. The number of benzene rings is 2. The summed E-state index contributed by atoms with van der Waals surface area (Å²) in [7, 11) is 0. The van der Waals surface area contributed by atoms with Gasteiger partial charge in [0.15, 0.2) is 24.7 Å². The van der Waals surface area contributed by atoms with Crippen LogP contribution in [-0.4, -0.2) is 31.6 Å². The van der Waals surface area contributed by atoms with Crippen LogP contribution in [0.1, 0.15) is 6.92 Å². The van der Waals surface area contributed by atoms with Crippen molar-refractivity contribution >= 4 is 11.8 Å². The first-order valence-electron chi connectivity index (χ1n) is 7.89. The van der Waals surface area contributed by atoms with Crippen LogP contribution < -0.4 is 25.1 Å². The molecule has 2 rings (SSSR count). The van der Waals surface area contributed by atoms with E-state index in [1.54, 1.807) is 24.3 Å². The Bertz CT molecular complexity index is 754. The number of hydrogen-bond donors (Lipinski definition) is 2. The number of carbonyl (C=O) groups excluding carboxylic acids is 2. The van der Waals surface area contributed by atoms with E-state index in [1.165, 1.54) is 18.2 Å². The van der Waals surface area contributed by atoms with Gasteiger partial charge in [-0.05, 0) is 31.2 Å². The maximum Gasteiger partial charge on any atom is 0.276 e. The Morgan fingerprint density at radius 3 is 2.12 bits per heavy atom. The van der Waals surface area contributed by atoms with Crippen LogP contribution in [0.25, 0.3) is 0 Å². The summed E-state index contributed by atoms with van der Waals surface area (Å²) in [6.07, 6.45) is 0. The lowest BCUT2D eigenvalue weighted by Crippen LogP contribution is -2.45. The van der Waals surface area contributed by atoms with E-state index in [0.717, 1.165) is 6.07 Å². The van der Waals surface area contributed by atoms with Gasteiger partial charge in [-0.2, -0.15) is 0 Å². The van der Waals surface area contributed by atoms with Gasteiger partial charge in [0.2, 0.25) is 0 Å². The minimum absolute atomic E-state index is 0.211. The maximum absolute atomic E-state index is 13.0. The molecule has 0 radical (unpaired) electrons. The summed E-state index contributed by atoms with van der Waals surface area (Å²) in [5.74, 6) is -0.476. The molecule has 0 heterocycles. The van der Waals surface area contributed by atoms with E-state index in [9.17, 15) is 14.0 Å². The van der Waals surface area contributed by atoms with Crippen LogP contribution in [0.2, 0.25) is 0 Å². The first kappa shape index (κ1) is 19.0. The molecule has 8 heteroatoms. The lowest BCUT2D eigenvalue weighted by molar-refractivity contribution is -0.131. The standard InChI is InChI=1S/C18H19FN2O5/c1-2-24-15-8-3-4-9-16(15)26-12-18(23)21-20-17(22)11-25-14-7-5-6-13(19)10-14/h3-10H,2,11-12H2,1H3,(H,20,22)(H,21,23). The lowest BCUT2D eigenvalue weighted by Gasteiger charge is -2.12. The van der Waals surface area contributed by atoms with Crippen molar-refractivity contribution < 1.29 is 28.2 Å². The molecule has 138 valence electrons. The predicted octanol–water partition coefficient (Wildman–Crippen LogP) is 1.83. The molecule has 0 spiro atoms. The molecule has 2 aromatic carbocycles. The summed E-state index contributed by atoms with van der Waals surface area (Å²) < 4.78 is 28.8. The van der Waals surface area contributed by atoms with Gasteiger partial charge in [0.05, 0.1) is 6.61 Å². The summed E-state index contributed by atoms with van der Waals surface area (Å²) in [5, 5.41) is 0. The third-order valence-corrected chi connectivity index (χ3v) is 3.02. The van der Waals surface area contributed by atoms with Crippen molar-refractivity contribution in [1.29, 1.82) is 0 Å². The summed E-state index contributed by atoms with van der Waals surface area (Å²) in [6.45, 7) is 1.62. The number of amides is 2. The highest BCUT2D eigenvalue weighted by atomic mass is 19.1. The fourth-order valence-corrected chi connectivity index (χ4v) is 1.90. The molecule has 26 heavy (non-hydrogen) atoms. The van der Waals surface area contributed by atoms with E-state index < -0.39 is 17.6 Å². The number of hydrazine groups is 1. The molecule has 2 amide bonds. The Morgan fingerprint density at radius 2 is 1.50 bits per heavy atom. The van der Waals surface area contributed by atoms with Gasteiger partial charge >= 0.3 is 0 Å². The third kappa shape index (κ3) is 6.31. The monoisotopic (exact) mass is 362 g/mol. The zero-order valence-corrected chi connectivity index (χ0v) is 14.2. The van der Waals surface area contributed by atoms with E-state index in [-0.39, 0.29) is 19.0 Å². The third-order valence-electron chi connectivity index (χ3n) is 3.02. The zero-order chi connectivity index (χ0) is 18.8. The van der Waals surface area contributed by atoms with Crippen molar-refractivity contribution in [3.8, 4) is 17.2 Å². The Morgan fingerprint density at radius 1 is 0.885 bits per heavy atom. The number of rotatable bonds is 8. The van der Waals surface area contributed by atoms with Crippen molar-refractivity contribution in [2.45, 2.75) is 6.92 Å². The highest BCUT2D eigenvalue weighted by molar-refractivity contribution is 5.83. The highest BCUT2D eigenvalue weighted by Gasteiger charge is 2.09. The van der Waals surface area contributed by atoms with Gasteiger partial charge in [0, 0.05) is 6.07 Å². The van der Waals surface area contributed by atoms with Crippen LogP contribution in [0, 0.1) is 5.82 Å². The smallest absolute Gasteiger partial charge is 0.276 e. The molecule has 0 aliphatic rings. The minimum atomic E-state index is -0.600. The molecular weight excluding hydrogens is 343 g/mol. The van der Waals surface area contributed by atoms with Crippen molar-refractivity contribution in [3.63, 3.8) is 0 Å². The van der Waals surface area contributed by atoms with Crippen LogP contribution in [0.5, 0.6) is 17.2 Å². The Kier molecular flexibility index (Phi) is 7.23. The Labute approximate surface area is 150 Å². The van der Waals surface area contributed by atoms with E-state index in [0.29, 0.717) is 18.1 Å². The summed E-state index contributed by atoms with van der Waals surface area (Å²) in [5.41, 5.74) is 4.37. The largest absolute Gasteiger partial charge is 0.490 e. The molecule has 0 aliphatic heterocycles. The molecule has 0 atom stereocenters. The fourth-order valence-electron chi connectivity index (χ4n) is 1.90. The molecule has 2 N–H and O–H groups in total. The lowest BCUT2D eigenvalue weighted by atomic mass is 10.3. The predicted molar refractivity (Wildman–Crippen MR) is 91.3 cm³/mol. The van der Waals surface area contributed by atoms with Crippen LogP contribution in [0.3, 0.4) is 0 Å². The van der Waals surface area contributed by atoms with Gasteiger partial charge in [-0.1, -0.05) is 18.2 Å². The molecule has 0 unspecified atom stereocenters. The number of carbonyl (C=O) groups is 2. The van der Waals surface area contributed by atoms with E-state index in [2.05, 4.69) is 10.9 Å². The summed E-state index contributed by atoms with van der Waals surface area (Å²) >= 11 is 0. The van der Waals surface area contributed by atoms with Gasteiger partial charge in [-0.25, -0.2) is 4.39 Å². The van der Waals surface area contributed by atoms with Crippen LogP contribution in [0.4, 0.5) is 4.39 Å². The SMILES string of the molecule is CCOc1ccccc1OCC(=O)NNC(=O)COc1cccc(F)c1. The molecule has 0 fully saturated rings. The van der Waals surface area contributed by atoms with Crippen molar-refractivity contribution in [3.05, 3.63) is 54.3 Å². The van der Waals surface area contributed by atoms with Crippen LogP contribution in [-0.2, 0) is 9.59 Å². The second kappa shape index (κ2) is 9.87. The average molecular weight is 362 g/mol. The van der Waals surface area contributed by atoms with E-state index in [4.69, 9.17) is 14.2 Å². The van der Waals surface area contributed by atoms with Gasteiger partial charge in [0.1, 0.15) is 11.6 Å². The Balaban J connectivity index is 1.70. The van der Waals surface area contributed by atoms with Crippen molar-refractivity contribution in [2.75, 3.05) is 19.8 Å².